The molecule has 1 amide bonds. The number of pyridine rings is 1. The zero-order valence-electron chi connectivity index (χ0n) is 21.2. The van der Waals surface area contributed by atoms with E-state index in [0.29, 0.717) is 24.0 Å². The van der Waals surface area contributed by atoms with Crippen LogP contribution in [0, 0.1) is 13.8 Å². The molecule has 0 saturated heterocycles. The minimum Gasteiger partial charge on any atom is -0.494 e. The zero-order chi connectivity index (χ0) is 25.7. The van der Waals surface area contributed by atoms with Crippen molar-refractivity contribution in [3.63, 3.8) is 0 Å². The minimum absolute atomic E-state index is 0.184. The number of amides is 1. The van der Waals surface area contributed by atoms with Gasteiger partial charge in [0.15, 0.2) is 5.84 Å². The van der Waals surface area contributed by atoms with Gasteiger partial charge in [-0.15, -0.1) is 0 Å². The quantitative estimate of drug-likeness (QED) is 0.434. The smallest absolute Gasteiger partial charge is 0.270 e. The molecular formula is C27H31N7O2. The van der Waals surface area contributed by atoms with Crippen molar-refractivity contribution >= 4 is 23.3 Å². The van der Waals surface area contributed by atoms with E-state index in [0.717, 1.165) is 33.8 Å². The van der Waals surface area contributed by atoms with Gasteiger partial charge in [0, 0.05) is 29.2 Å². The number of hydrogen-bond acceptors (Lipinski definition) is 7. The van der Waals surface area contributed by atoms with Crippen LogP contribution in [-0.2, 0) is 0 Å². The number of aromatic nitrogens is 3. The Kier molecular flexibility index (Phi) is 7.58. The summed E-state index contributed by atoms with van der Waals surface area (Å²) in [5, 5.41) is 13.4. The van der Waals surface area contributed by atoms with Gasteiger partial charge in [0.25, 0.3) is 5.91 Å². The van der Waals surface area contributed by atoms with Crippen LogP contribution < -0.4 is 15.4 Å². The second-order valence-corrected chi connectivity index (χ2v) is 8.68. The number of benzene rings is 1. The standard InChI is InChI=1S/C27H31N7O2/c1-6-36-22-10-8-20(9-11-22)19(5)30-27(35)25-16(2)13-21(15-28-25)26-29-17(3)7-12-23(32-26)31-24-14-18(4)33-34-24/h7-15,19,23H,6H2,1-5H3,(H,30,35)(H2,31,33,34)/t19-,23?/m0/s1. The van der Waals surface area contributed by atoms with E-state index in [2.05, 4.69) is 30.8 Å². The van der Waals surface area contributed by atoms with Crippen molar-refractivity contribution in [2.24, 2.45) is 9.98 Å². The molecule has 0 fully saturated rings. The largest absolute Gasteiger partial charge is 0.494 e. The molecule has 0 spiro atoms. The SMILES string of the molecule is CCOc1ccc([C@H](C)NC(=O)c2ncc(C3=NC(Nc4cc(C)[nH]n4)C=CC(C)=N3)cc2C)cc1. The molecule has 4 rings (SSSR count). The number of hydrogen-bond donors (Lipinski definition) is 3. The fraction of sp³-hybridized carbons (Fsp3) is 0.296. The lowest BCUT2D eigenvalue weighted by Gasteiger charge is -2.16. The predicted octanol–water partition coefficient (Wildman–Crippen LogP) is 4.53. The van der Waals surface area contributed by atoms with Gasteiger partial charge in [0.2, 0.25) is 0 Å². The Labute approximate surface area is 210 Å². The molecule has 1 aliphatic rings. The van der Waals surface area contributed by atoms with Gasteiger partial charge in [-0.2, -0.15) is 5.10 Å². The number of nitrogens with one attached hydrogen (secondary N) is 3. The summed E-state index contributed by atoms with van der Waals surface area (Å²) in [5.41, 5.74) is 4.60. The summed E-state index contributed by atoms with van der Waals surface area (Å²) in [6.45, 7) is 10.2. The lowest BCUT2D eigenvalue weighted by molar-refractivity contribution is 0.0934. The molecule has 2 atom stereocenters. The van der Waals surface area contributed by atoms with E-state index in [1.807, 2.05) is 83.2 Å². The van der Waals surface area contributed by atoms with Crippen LogP contribution in [0.5, 0.6) is 5.75 Å². The Balaban J connectivity index is 1.49. The molecule has 3 heterocycles. The molecule has 1 unspecified atom stereocenters. The average Bonchev–Trinajstić information content (AvgIpc) is 3.17. The summed E-state index contributed by atoms with van der Waals surface area (Å²) in [7, 11) is 0. The average molecular weight is 486 g/mol. The first-order valence-electron chi connectivity index (χ1n) is 11.9. The normalized spacial score (nSPS) is 16.0. The van der Waals surface area contributed by atoms with Crippen LogP contribution in [0.15, 0.2) is 64.7 Å². The van der Waals surface area contributed by atoms with Crippen LogP contribution in [0.4, 0.5) is 5.82 Å². The first-order valence-corrected chi connectivity index (χ1v) is 11.9. The van der Waals surface area contributed by atoms with Crippen LogP contribution in [0.3, 0.4) is 0 Å². The number of aromatic amines is 1. The summed E-state index contributed by atoms with van der Waals surface area (Å²) >= 11 is 0. The van der Waals surface area contributed by atoms with Crippen molar-refractivity contribution < 1.29 is 9.53 Å². The number of carbonyl (C=O) groups is 1. The molecular weight excluding hydrogens is 454 g/mol. The first-order chi connectivity index (χ1) is 17.3. The number of anilines is 1. The van der Waals surface area contributed by atoms with Gasteiger partial charge in [-0.05, 0) is 76.1 Å². The highest BCUT2D eigenvalue weighted by atomic mass is 16.5. The van der Waals surface area contributed by atoms with Crippen LogP contribution in [0.25, 0.3) is 0 Å². The summed E-state index contributed by atoms with van der Waals surface area (Å²) < 4.78 is 5.49. The molecule has 2 aromatic heterocycles. The number of carbonyl (C=O) groups excluding carboxylic acids is 1. The zero-order valence-corrected chi connectivity index (χ0v) is 21.2. The molecule has 1 aliphatic heterocycles. The monoisotopic (exact) mass is 485 g/mol. The molecule has 3 aromatic rings. The molecule has 0 aliphatic carbocycles. The fourth-order valence-electron chi connectivity index (χ4n) is 3.80. The second-order valence-electron chi connectivity index (χ2n) is 8.68. The van der Waals surface area contributed by atoms with Crippen LogP contribution >= 0.6 is 0 Å². The van der Waals surface area contributed by atoms with Gasteiger partial charge in [0.05, 0.1) is 12.6 Å². The van der Waals surface area contributed by atoms with Crippen molar-refractivity contribution in [3.05, 3.63) is 82.8 Å². The number of nitrogens with zero attached hydrogens (tertiary/aromatic N) is 4. The number of allylic oxidation sites excluding steroid dienone is 1. The first kappa shape index (κ1) is 24.8. The molecule has 3 N–H and O–H groups in total. The molecule has 0 radical (unpaired) electrons. The fourth-order valence-corrected chi connectivity index (χ4v) is 3.80. The third-order valence-electron chi connectivity index (χ3n) is 5.66. The van der Waals surface area contributed by atoms with Crippen LogP contribution in [-0.4, -0.2) is 45.4 Å². The third kappa shape index (κ3) is 6.04. The topological polar surface area (TPSA) is 117 Å². The molecule has 9 nitrogen and oxygen atoms in total. The number of amidine groups is 1. The van der Waals surface area contributed by atoms with E-state index in [1.54, 1.807) is 6.20 Å². The summed E-state index contributed by atoms with van der Waals surface area (Å²) in [6, 6.07) is 11.3. The Bertz CT molecular complexity index is 1320. The Morgan fingerprint density at radius 3 is 2.61 bits per heavy atom. The number of aryl methyl sites for hydroxylation is 2. The maximum Gasteiger partial charge on any atom is 0.270 e. The van der Waals surface area contributed by atoms with E-state index in [1.165, 1.54) is 0 Å². The maximum atomic E-state index is 13.0. The van der Waals surface area contributed by atoms with Gasteiger partial charge in [-0.25, -0.2) is 9.98 Å². The molecule has 0 bridgehead atoms. The third-order valence-corrected chi connectivity index (χ3v) is 5.66. The van der Waals surface area contributed by atoms with Gasteiger partial charge >= 0.3 is 0 Å². The van der Waals surface area contributed by atoms with Gasteiger partial charge in [0.1, 0.15) is 23.4 Å². The van der Waals surface area contributed by atoms with Crippen molar-refractivity contribution in [2.75, 3.05) is 11.9 Å². The Morgan fingerprint density at radius 1 is 1.17 bits per heavy atom. The molecule has 186 valence electrons. The summed E-state index contributed by atoms with van der Waals surface area (Å²) in [6.07, 6.45) is 5.14. The van der Waals surface area contributed by atoms with E-state index in [-0.39, 0.29) is 18.1 Å². The van der Waals surface area contributed by atoms with Crippen molar-refractivity contribution in [3.8, 4) is 5.75 Å². The van der Waals surface area contributed by atoms with Gasteiger partial charge in [-0.1, -0.05) is 12.1 Å². The highest BCUT2D eigenvalue weighted by molar-refractivity contribution is 6.10. The van der Waals surface area contributed by atoms with Gasteiger partial charge in [-0.3, -0.25) is 14.9 Å². The molecule has 0 saturated carbocycles. The van der Waals surface area contributed by atoms with Crippen molar-refractivity contribution in [1.29, 1.82) is 0 Å². The predicted molar refractivity (Wildman–Crippen MR) is 142 cm³/mol. The number of rotatable bonds is 8. The van der Waals surface area contributed by atoms with Crippen LogP contribution in [0.1, 0.15) is 59.7 Å². The summed E-state index contributed by atoms with van der Waals surface area (Å²) in [4.78, 5) is 26.8. The Morgan fingerprint density at radius 2 is 1.94 bits per heavy atom. The lowest BCUT2D eigenvalue weighted by Crippen LogP contribution is -2.28. The highest BCUT2D eigenvalue weighted by Gasteiger charge is 2.18. The summed E-state index contributed by atoms with van der Waals surface area (Å²) in [5.74, 6) is 1.80. The van der Waals surface area contributed by atoms with E-state index < -0.39 is 0 Å². The number of ether oxygens (including phenoxy) is 1. The second kappa shape index (κ2) is 11.0. The van der Waals surface area contributed by atoms with E-state index in [4.69, 9.17) is 9.73 Å². The molecule has 9 heteroatoms. The number of aliphatic imine (C=N–C) groups is 2. The van der Waals surface area contributed by atoms with Crippen molar-refractivity contribution in [2.45, 2.75) is 46.8 Å². The van der Waals surface area contributed by atoms with E-state index >= 15 is 0 Å². The Hall–Kier alpha value is -4.27. The van der Waals surface area contributed by atoms with Crippen molar-refractivity contribution in [1.82, 2.24) is 20.5 Å². The lowest BCUT2D eigenvalue weighted by atomic mass is 10.1. The van der Waals surface area contributed by atoms with Crippen LogP contribution in [0.2, 0.25) is 0 Å². The maximum absolute atomic E-state index is 13.0. The molecule has 36 heavy (non-hydrogen) atoms. The van der Waals surface area contributed by atoms with Gasteiger partial charge < -0.3 is 15.4 Å². The highest BCUT2D eigenvalue weighted by Crippen LogP contribution is 2.19. The number of H-pyrrole nitrogens is 1. The van der Waals surface area contributed by atoms with E-state index in [9.17, 15) is 4.79 Å². The molecule has 1 aromatic carbocycles. The minimum atomic E-state index is -0.345.